The maximum atomic E-state index is 12.8. The number of anilines is 3. The fourth-order valence-corrected chi connectivity index (χ4v) is 4.81. The monoisotopic (exact) mass is 532 g/mol. The number of carboxylic acids is 1. The number of hydrogen-bond donors (Lipinski definition) is 3. The van der Waals surface area contributed by atoms with E-state index in [0.29, 0.717) is 29.4 Å². The number of aromatic nitrogens is 4. The molecule has 3 N–H and O–H groups in total. The second-order valence-electron chi connectivity index (χ2n) is 9.26. The van der Waals surface area contributed by atoms with Crippen LogP contribution in [0.15, 0.2) is 55.0 Å². The highest BCUT2D eigenvalue weighted by Gasteiger charge is 2.25. The summed E-state index contributed by atoms with van der Waals surface area (Å²) in [5.74, 6) is 0.707. The standard InChI is InChI=1S/C27H29N7O5/c1-32-23(11-10-22(38-2)26(32)39-3)31-21-13-20(15-34-24(21)28-16-29-34)33-12-4-5-19(14-33)30-25(35)17-6-8-18(9-7-17)27(36)37/h6-11,13,15-16,19H,4-5,12,14H2,1-3H3,(H2,30,35,36,37)/p+1. The van der Waals surface area contributed by atoms with Crippen molar-refractivity contribution in [2.45, 2.75) is 18.9 Å². The van der Waals surface area contributed by atoms with Crippen molar-refractivity contribution in [2.24, 2.45) is 7.05 Å². The normalized spacial score (nSPS) is 15.2. The number of nitrogens with zero attached hydrogens (tertiary/aromatic N) is 5. The Morgan fingerprint density at radius 1 is 1.10 bits per heavy atom. The maximum Gasteiger partial charge on any atom is 0.335 e. The predicted octanol–water partition coefficient (Wildman–Crippen LogP) is 2.41. The highest BCUT2D eigenvalue weighted by molar-refractivity contribution is 5.96. The van der Waals surface area contributed by atoms with Gasteiger partial charge in [-0.25, -0.2) is 19.6 Å². The van der Waals surface area contributed by atoms with Crippen molar-refractivity contribution in [1.82, 2.24) is 19.9 Å². The van der Waals surface area contributed by atoms with E-state index in [1.807, 2.05) is 36.0 Å². The van der Waals surface area contributed by atoms with E-state index >= 15 is 0 Å². The molecule has 4 aromatic rings. The SMILES string of the molecule is COc1ccc(Nc2cc(N3CCCC(NC(=O)c4ccc(C(=O)O)cc4)C3)cn3ncnc23)[n+](C)c1OC. The van der Waals surface area contributed by atoms with Crippen LogP contribution in [0.3, 0.4) is 0 Å². The van der Waals surface area contributed by atoms with Crippen LogP contribution >= 0.6 is 0 Å². The van der Waals surface area contributed by atoms with Crippen LogP contribution in [0.5, 0.6) is 11.6 Å². The molecule has 1 aromatic carbocycles. The minimum atomic E-state index is -1.03. The molecule has 39 heavy (non-hydrogen) atoms. The number of hydrogen-bond acceptors (Lipinski definition) is 8. The first-order valence-electron chi connectivity index (χ1n) is 12.5. The van der Waals surface area contributed by atoms with Crippen molar-refractivity contribution < 1.29 is 28.7 Å². The van der Waals surface area contributed by atoms with Gasteiger partial charge in [-0.1, -0.05) is 0 Å². The van der Waals surface area contributed by atoms with Crippen LogP contribution in [0.4, 0.5) is 17.2 Å². The summed E-state index contributed by atoms with van der Waals surface area (Å²) in [6.07, 6.45) is 5.17. The van der Waals surface area contributed by atoms with Gasteiger partial charge in [0.05, 0.1) is 38.7 Å². The number of ether oxygens (including phenoxy) is 2. The van der Waals surface area contributed by atoms with Crippen LogP contribution in [0.25, 0.3) is 5.65 Å². The van der Waals surface area contributed by atoms with E-state index in [4.69, 9.17) is 14.6 Å². The molecule has 202 valence electrons. The lowest BCUT2D eigenvalue weighted by molar-refractivity contribution is -0.662. The van der Waals surface area contributed by atoms with Gasteiger partial charge in [-0.05, 0) is 43.2 Å². The zero-order chi connectivity index (χ0) is 27.5. The van der Waals surface area contributed by atoms with Gasteiger partial charge >= 0.3 is 11.8 Å². The van der Waals surface area contributed by atoms with Crippen LogP contribution in [0, 0.1) is 0 Å². The number of amides is 1. The smallest absolute Gasteiger partial charge is 0.335 e. The quantitative estimate of drug-likeness (QED) is 0.293. The number of carbonyl (C=O) groups is 2. The molecule has 1 aliphatic heterocycles. The number of pyridine rings is 2. The molecule has 1 atom stereocenters. The average molecular weight is 533 g/mol. The number of carbonyl (C=O) groups excluding carboxylic acids is 1. The number of methoxy groups -OCH3 is 2. The molecule has 12 heteroatoms. The first-order valence-corrected chi connectivity index (χ1v) is 12.5. The van der Waals surface area contributed by atoms with E-state index in [2.05, 4.69) is 25.6 Å². The Balaban J connectivity index is 1.36. The first-order chi connectivity index (χ1) is 18.9. The molecular formula is C27H30N7O5+. The van der Waals surface area contributed by atoms with Crippen molar-refractivity contribution in [1.29, 1.82) is 0 Å². The minimum Gasteiger partial charge on any atom is -0.490 e. The van der Waals surface area contributed by atoms with Crippen molar-refractivity contribution in [3.8, 4) is 11.6 Å². The van der Waals surface area contributed by atoms with Crippen molar-refractivity contribution in [2.75, 3.05) is 37.5 Å². The van der Waals surface area contributed by atoms with E-state index in [9.17, 15) is 9.59 Å². The molecule has 4 heterocycles. The molecule has 0 saturated carbocycles. The Morgan fingerprint density at radius 2 is 1.87 bits per heavy atom. The molecule has 3 aromatic heterocycles. The Hall–Kier alpha value is -4.87. The maximum absolute atomic E-state index is 12.8. The molecule has 0 aliphatic carbocycles. The second-order valence-corrected chi connectivity index (χ2v) is 9.26. The number of nitrogens with one attached hydrogen (secondary N) is 2. The molecule has 1 unspecified atom stereocenters. The summed E-state index contributed by atoms with van der Waals surface area (Å²) in [6.45, 7) is 1.44. The summed E-state index contributed by atoms with van der Waals surface area (Å²) in [5, 5.41) is 20.0. The Kier molecular flexibility index (Phi) is 7.17. The molecule has 0 spiro atoms. The molecule has 12 nitrogen and oxygen atoms in total. The summed E-state index contributed by atoms with van der Waals surface area (Å²) in [6, 6.07) is 11.6. The predicted molar refractivity (Wildman–Crippen MR) is 143 cm³/mol. The number of rotatable bonds is 8. The molecule has 1 saturated heterocycles. The minimum absolute atomic E-state index is 0.0723. The lowest BCUT2D eigenvalue weighted by Crippen LogP contribution is -2.48. The molecule has 0 bridgehead atoms. The van der Waals surface area contributed by atoms with Gasteiger partial charge in [0.1, 0.15) is 6.33 Å². The van der Waals surface area contributed by atoms with Gasteiger partial charge in [0.2, 0.25) is 11.4 Å². The van der Waals surface area contributed by atoms with Crippen LogP contribution in [-0.2, 0) is 7.05 Å². The third-order valence-corrected chi connectivity index (χ3v) is 6.82. The van der Waals surface area contributed by atoms with Crippen molar-refractivity contribution in [3.05, 3.63) is 66.1 Å². The summed E-state index contributed by atoms with van der Waals surface area (Å²) >= 11 is 0. The zero-order valence-corrected chi connectivity index (χ0v) is 21.9. The molecule has 1 fully saturated rings. The average Bonchev–Trinajstić information content (AvgIpc) is 3.43. The van der Waals surface area contributed by atoms with E-state index in [1.165, 1.54) is 30.6 Å². The van der Waals surface area contributed by atoms with Gasteiger partial charge in [-0.3, -0.25) is 4.79 Å². The van der Waals surface area contributed by atoms with E-state index in [-0.39, 0.29) is 17.5 Å². The molecule has 5 rings (SSSR count). The number of piperidine rings is 1. The number of carboxylic acid groups (broad SMARTS) is 1. The van der Waals surface area contributed by atoms with Gasteiger partial charge in [-0.15, -0.1) is 0 Å². The van der Waals surface area contributed by atoms with E-state index in [1.54, 1.807) is 18.7 Å². The van der Waals surface area contributed by atoms with Gasteiger partial charge in [0.15, 0.2) is 5.69 Å². The Labute approximate surface area is 224 Å². The van der Waals surface area contributed by atoms with Crippen LogP contribution in [0.2, 0.25) is 0 Å². The van der Waals surface area contributed by atoms with Crippen LogP contribution in [-0.4, -0.2) is 64.9 Å². The highest BCUT2D eigenvalue weighted by atomic mass is 16.5. The van der Waals surface area contributed by atoms with E-state index < -0.39 is 5.97 Å². The lowest BCUT2D eigenvalue weighted by atomic mass is 10.0. The van der Waals surface area contributed by atoms with Gasteiger partial charge in [0.25, 0.3) is 11.7 Å². The summed E-state index contributed by atoms with van der Waals surface area (Å²) < 4.78 is 14.5. The summed E-state index contributed by atoms with van der Waals surface area (Å²) in [7, 11) is 5.06. The topological polar surface area (TPSA) is 134 Å². The summed E-state index contributed by atoms with van der Waals surface area (Å²) in [5.41, 5.74) is 2.93. The van der Waals surface area contributed by atoms with Crippen LogP contribution < -0.4 is 29.6 Å². The van der Waals surface area contributed by atoms with Crippen molar-refractivity contribution >= 4 is 34.7 Å². The fourth-order valence-electron chi connectivity index (χ4n) is 4.81. The van der Waals surface area contributed by atoms with Gasteiger partial charge in [0, 0.05) is 36.8 Å². The number of benzene rings is 1. The van der Waals surface area contributed by atoms with Gasteiger partial charge < -0.3 is 24.8 Å². The molecule has 1 amide bonds. The number of fused-ring (bicyclic) bond motifs is 1. The Bertz CT molecular complexity index is 1520. The molecule has 1 aliphatic rings. The fraction of sp³-hybridized carbons (Fsp3) is 0.296. The Morgan fingerprint density at radius 3 is 2.59 bits per heavy atom. The molecule has 0 radical (unpaired) electrons. The second kappa shape index (κ2) is 10.9. The first kappa shape index (κ1) is 25.8. The largest absolute Gasteiger partial charge is 0.490 e. The third-order valence-electron chi connectivity index (χ3n) is 6.82. The van der Waals surface area contributed by atoms with E-state index in [0.717, 1.165) is 36.6 Å². The van der Waals surface area contributed by atoms with Crippen molar-refractivity contribution in [3.63, 3.8) is 0 Å². The number of aromatic carboxylic acids is 1. The van der Waals surface area contributed by atoms with Crippen LogP contribution in [0.1, 0.15) is 33.6 Å². The summed E-state index contributed by atoms with van der Waals surface area (Å²) in [4.78, 5) is 30.6. The third kappa shape index (κ3) is 5.26. The molecular weight excluding hydrogens is 502 g/mol. The van der Waals surface area contributed by atoms with Gasteiger partial charge in [-0.2, -0.15) is 9.67 Å². The highest BCUT2D eigenvalue weighted by Crippen LogP contribution is 2.29. The lowest BCUT2D eigenvalue weighted by Gasteiger charge is -2.34. The zero-order valence-electron chi connectivity index (χ0n) is 21.9.